The van der Waals surface area contributed by atoms with Crippen molar-refractivity contribution in [2.45, 2.75) is 13.0 Å². The number of ether oxygens (including phenoxy) is 1. The van der Waals surface area contributed by atoms with Crippen LogP contribution in [0.1, 0.15) is 12.5 Å². The second kappa shape index (κ2) is 4.98. The number of methoxy groups -OCH3 is 1. The fourth-order valence-corrected chi connectivity index (χ4v) is 1.13. The first-order valence-corrected chi connectivity index (χ1v) is 4.59. The molecule has 0 spiro atoms. The number of nitrogens with zero attached hydrogens (tertiary/aromatic N) is 2. The van der Waals surface area contributed by atoms with Crippen LogP contribution in [0.4, 0.5) is 11.5 Å². The number of nitrogen functional groups attached to an aromatic ring is 1. The van der Waals surface area contributed by atoms with Gasteiger partial charge in [0.2, 0.25) is 0 Å². The summed E-state index contributed by atoms with van der Waals surface area (Å²) in [6.07, 6.45) is 1.45. The monoisotopic (exact) mass is 220 g/mol. The molecular weight excluding hydrogens is 208 g/mol. The van der Waals surface area contributed by atoms with E-state index in [1.54, 1.807) is 6.92 Å². The molecule has 0 saturated heterocycles. The Bertz CT molecular complexity index is 439. The van der Waals surface area contributed by atoms with Gasteiger partial charge in [0, 0.05) is 6.20 Å². The molecule has 0 saturated carbocycles. The molecule has 0 fully saturated rings. The number of nitriles is 1. The molecule has 1 unspecified atom stereocenters. The lowest BCUT2D eigenvalue weighted by atomic mass is 10.2. The number of hydrogen-bond donors (Lipinski definition) is 2. The topological polar surface area (TPSA) is 101 Å². The number of anilines is 2. The van der Waals surface area contributed by atoms with Gasteiger partial charge in [-0.2, -0.15) is 5.26 Å². The molecule has 1 atom stereocenters. The van der Waals surface area contributed by atoms with E-state index in [1.165, 1.54) is 19.4 Å². The molecule has 6 heteroatoms. The van der Waals surface area contributed by atoms with Crippen LogP contribution in [0.3, 0.4) is 0 Å². The van der Waals surface area contributed by atoms with Crippen LogP contribution in [0.15, 0.2) is 12.3 Å². The zero-order chi connectivity index (χ0) is 12.1. The molecule has 0 aliphatic carbocycles. The maximum Gasteiger partial charge on any atom is 0.328 e. The maximum absolute atomic E-state index is 11.2. The summed E-state index contributed by atoms with van der Waals surface area (Å²) >= 11 is 0. The third-order valence-corrected chi connectivity index (χ3v) is 2.02. The van der Waals surface area contributed by atoms with Gasteiger partial charge in [0.25, 0.3) is 0 Å². The Morgan fingerprint density at radius 1 is 1.75 bits per heavy atom. The molecule has 6 nitrogen and oxygen atoms in total. The van der Waals surface area contributed by atoms with E-state index >= 15 is 0 Å². The van der Waals surface area contributed by atoms with Crippen molar-refractivity contribution in [2.75, 3.05) is 18.2 Å². The summed E-state index contributed by atoms with van der Waals surface area (Å²) in [5.74, 6) is -0.125. The van der Waals surface area contributed by atoms with Gasteiger partial charge in [-0.15, -0.1) is 0 Å². The van der Waals surface area contributed by atoms with Crippen LogP contribution in [0.2, 0.25) is 0 Å². The van der Waals surface area contributed by atoms with E-state index < -0.39 is 12.0 Å². The number of carbonyl (C=O) groups is 1. The summed E-state index contributed by atoms with van der Waals surface area (Å²) < 4.78 is 4.55. The summed E-state index contributed by atoms with van der Waals surface area (Å²) in [5.41, 5.74) is 6.22. The average Bonchev–Trinajstić information content (AvgIpc) is 2.30. The van der Waals surface area contributed by atoms with Gasteiger partial charge in [-0.05, 0) is 13.0 Å². The highest BCUT2D eigenvalue weighted by Crippen LogP contribution is 2.19. The molecule has 0 aliphatic rings. The highest BCUT2D eigenvalue weighted by molar-refractivity contribution is 5.80. The Morgan fingerprint density at radius 2 is 2.44 bits per heavy atom. The van der Waals surface area contributed by atoms with Crippen LogP contribution in [-0.2, 0) is 9.53 Å². The number of rotatable bonds is 3. The lowest BCUT2D eigenvalue weighted by Gasteiger charge is -2.13. The Morgan fingerprint density at radius 3 is 3.00 bits per heavy atom. The predicted octanol–water partition coefficient (Wildman–Crippen LogP) is 0.509. The minimum Gasteiger partial charge on any atom is -0.467 e. The van der Waals surface area contributed by atoms with Gasteiger partial charge in [-0.1, -0.05) is 0 Å². The molecule has 0 bridgehead atoms. The second-order valence-corrected chi connectivity index (χ2v) is 3.12. The molecule has 1 rings (SSSR count). The van der Waals surface area contributed by atoms with Gasteiger partial charge in [0.1, 0.15) is 12.1 Å². The summed E-state index contributed by atoms with van der Waals surface area (Å²) in [5, 5.41) is 11.5. The summed E-state index contributed by atoms with van der Waals surface area (Å²) in [6, 6.07) is 2.86. The maximum atomic E-state index is 11.2. The van der Waals surface area contributed by atoms with Gasteiger partial charge in [-0.3, -0.25) is 0 Å². The summed E-state index contributed by atoms with van der Waals surface area (Å²) in [6.45, 7) is 1.62. The van der Waals surface area contributed by atoms with E-state index in [2.05, 4.69) is 15.0 Å². The fraction of sp³-hybridized carbons (Fsp3) is 0.300. The van der Waals surface area contributed by atoms with Gasteiger partial charge >= 0.3 is 5.97 Å². The smallest absolute Gasteiger partial charge is 0.328 e. The van der Waals surface area contributed by atoms with E-state index in [-0.39, 0.29) is 5.69 Å². The van der Waals surface area contributed by atoms with Crippen molar-refractivity contribution < 1.29 is 9.53 Å². The number of carbonyl (C=O) groups excluding carboxylic acids is 1. The molecule has 84 valence electrons. The average molecular weight is 220 g/mol. The van der Waals surface area contributed by atoms with Crippen molar-refractivity contribution >= 4 is 17.5 Å². The van der Waals surface area contributed by atoms with Gasteiger partial charge in [0.05, 0.1) is 18.4 Å². The minimum absolute atomic E-state index is 0.223. The Labute approximate surface area is 93.0 Å². The molecule has 0 amide bonds. The number of aromatic nitrogens is 1. The zero-order valence-corrected chi connectivity index (χ0v) is 9.02. The third-order valence-electron chi connectivity index (χ3n) is 2.02. The quantitative estimate of drug-likeness (QED) is 0.719. The van der Waals surface area contributed by atoms with E-state index in [9.17, 15) is 4.79 Å². The van der Waals surface area contributed by atoms with Crippen molar-refractivity contribution in [1.29, 1.82) is 5.26 Å². The van der Waals surface area contributed by atoms with Gasteiger partial charge < -0.3 is 15.8 Å². The first-order chi connectivity index (χ1) is 7.60. The molecule has 1 heterocycles. The van der Waals surface area contributed by atoms with Gasteiger partial charge in [-0.25, -0.2) is 9.78 Å². The first-order valence-electron chi connectivity index (χ1n) is 4.59. The Kier molecular flexibility index (Phi) is 3.67. The third kappa shape index (κ3) is 2.39. The van der Waals surface area contributed by atoms with E-state index in [0.29, 0.717) is 11.4 Å². The number of nitrogens with one attached hydrogen (secondary N) is 1. The second-order valence-electron chi connectivity index (χ2n) is 3.12. The zero-order valence-electron chi connectivity index (χ0n) is 9.02. The van der Waals surface area contributed by atoms with E-state index in [4.69, 9.17) is 11.0 Å². The fourth-order valence-electron chi connectivity index (χ4n) is 1.13. The lowest BCUT2D eigenvalue weighted by molar-refractivity contribution is -0.141. The van der Waals surface area contributed by atoms with Crippen molar-refractivity contribution in [2.24, 2.45) is 0 Å². The molecular formula is C10H12N4O2. The predicted molar refractivity (Wildman–Crippen MR) is 58.5 cm³/mol. The lowest BCUT2D eigenvalue weighted by Crippen LogP contribution is -2.28. The van der Waals surface area contributed by atoms with Crippen LogP contribution in [0.5, 0.6) is 0 Å². The van der Waals surface area contributed by atoms with Crippen LogP contribution in [-0.4, -0.2) is 24.1 Å². The van der Waals surface area contributed by atoms with Crippen LogP contribution in [0, 0.1) is 11.3 Å². The van der Waals surface area contributed by atoms with E-state index in [1.807, 2.05) is 6.07 Å². The van der Waals surface area contributed by atoms with Crippen molar-refractivity contribution in [3.05, 3.63) is 17.8 Å². The van der Waals surface area contributed by atoms with Crippen LogP contribution >= 0.6 is 0 Å². The molecule has 0 aromatic carbocycles. The molecule has 16 heavy (non-hydrogen) atoms. The summed E-state index contributed by atoms with van der Waals surface area (Å²) in [4.78, 5) is 15.1. The molecule has 1 aromatic rings. The van der Waals surface area contributed by atoms with Crippen molar-refractivity contribution in [1.82, 2.24) is 4.98 Å². The first kappa shape index (κ1) is 11.8. The highest BCUT2D eigenvalue weighted by atomic mass is 16.5. The van der Waals surface area contributed by atoms with Gasteiger partial charge in [0.15, 0.2) is 5.82 Å². The van der Waals surface area contributed by atoms with Crippen LogP contribution < -0.4 is 11.1 Å². The number of nitrogens with two attached hydrogens (primary N) is 1. The minimum atomic E-state index is -0.575. The molecule has 3 N–H and O–H groups in total. The molecule has 1 aromatic heterocycles. The van der Waals surface area contributed by atoms with Crippen LogP contribution in [0.25, 0.3) is 0 Å². The molecule has 0 radical (unpaired) electrons. The normalized spacial score (nSPS) is 11.3. The number of pyridine rings is 1. The SMILES string of the molecule is COC(=O)C(C)Nc1nccc(C#N)c1N. The highest BCUT2D eigenvalue weighted by Gasteiger charge is 2.15. The largest absolute Gasteiger partial charge is 0.467 e. The number of esters is 1. The van der Waals surface area contributed by atoms with E-state index in [0.717, 1.165) is 0 Å². The van der Waals surface area contributed by atoms with Crippen molar-refractivity contribution in [3.8, 4) is 6.07 Å². The molecule has 0 aliphatic heterocycles. The van der Waals surface area contributed by atoms with Crippen molar-refractivity contribution in [3.63, 3.8) is 0 Å². The summed E-state index contributed by atoms with van der Waals surface area (Å²) in [7, 11) is 1.29. The number of hydrogen-bond acceptors (Lipinski definition) is 6. The standard InChI is InChI=1S/C10H12N4O2/c1-6(10(15)16-2)14-9-8(12)7(5-11)3-4-13-9/h3-4,6H,12H2,1-2H3,(H,13,14). The Balaban J connectivity index is 2.90. The Hall–Kier alpha value is -2.29.